The maximum absolute atomic E-state index is 5.07. The van der Waals surface area contributed by atoms with Gasteiger partial charge in [-0.25, -0.2) is 0 Å². The molecule has 0 heterocycles. The Morgan fingerprint density at radius 1 is 1.25 bits per heavy atom. The first-order valence-electron chi connectivity index (χ1n) is 6.96. The molecule has 1 rings (SSSR count). The number of nitrogens with one attached hydrogen (secondary N) is 1. The van der Waals surface area contributed by atoms with Gasteiger partial charge in [0.05, 0.1) is 6.61 Å². The molecule has 0 atom stereocenters. The molecule has 2 nitrogen and oxygen atoms in total. The summed E-state index contributed by atoms with van der Waals surface area (Å²) in [5.41, 5.74) is 0.629. The molecule has 1 fully saturated rings. The number of hydrogen-bond acceptors (Lipinski definition) is 2. The predicted molar refractivity (Wildman–Crippen MR) is 69.7 cm³/mol. The van der Waals surface area contributed by atoms with Gasteiger partial charge in [-0.3, -0.25) is 0 Å². The van der Waals surface area contributed by atoms with E-state index in [2.05, 4.69) is 19.2 Å². The van der Waals surface area contributed by atoms with Gasteiger partial charge >= 0.3 is 0 Å². The van der Waals surface area contributed by atoms with Crippen LogP contribution < -0.4 is 5.32 Å². The third-order valence-electron chi connectivity index (χ3n) is 4.27. The zero-order chi connectivity index (χ0) is 11.9. The van der Waals surface area contributed by atoms with Gasteiger partial charge in [0.1, 0.15) is 0 Å². The van der Waals surface area contributed by atoms with Crippen molar-refractivity contribution >= 4 is 0 Å². The lowest BCUT2D eigenvalue weighted by molar-refractivity contribution is 0.0853. The minimum absolute atomic E-state index is 0.629. The van der Waals surface area contributed by atoms with Gasteiger partial charge in [0.25, 0.3) is 0 Å². The highest BCUT2D eigenvalue weighted by Gasteiger charge is 2.37. The SMILES string of the molecule is CCC(CC)CC1(CNCCOC)CCC1. The molecule has 0 spiro atoms. The lowest BCUT2D eigenvalue weighted by Crippen LogP contribution is -2.42. The van der Waals surface area contributed by atoms with Crippen LogP contribution in [0, 0.1) is 11.3 Å². The maximum atomic E-state index is 5.07. The van der Waals surface area contributed by atoms with Gasteiger partial charge in [-0.2, -0.15) is 0 Å². The van der Waals surface area contributed by atoms with Gasteiger partial charge in [0, 0.05) is 20.2 Å². The van der Waals surface area contributed by atoms with Crippen LogP contribution in [0.25, 0.3) is 0 Å². The van der Waals surface area contributed by atoms with Crippen molar-refractivity contribution < 1.29 is 4.74 Å². The van der Waals surface area contributed by atoms with E-state index < -0.39 is 0 Å². The molecule has 0 radical (unpaired) electrons. The molecule has 0 bridgehead atoms. The van der Waals surface area contributed by atoms with Crippen molar-refractivity contribution in [1.82, 2.24) is 5.32 Å². The number of hydrogen-bond donors (Lipinski definition) is 1. The third-order valence-corrected chi connectivity index (χ3v) is 4.27. The molecule has 0 amide bonds. The van der Waals surface area contributed by atoms with E-state index >= 15 is 0 Å². The molecular weight excluding hydrogens is 198 g/mol. The van der Waals surface area contributed by atoms with Crippen LogP contribution in [-0.2, 0) is 4.74 Å². The largest absolute Gasteiger partial charge is 0.383 e. The fourth-order valence-electron chi connectivity index (χ4n) is 2.85. The van der Waals surface area contributed by atoms with Crippen molar-refractivity contribution in [3.05, 3.63) is 0 Å². The van der Waals surface area contributed by atoms with Crippen molar-refractivity contribution in [2.75, 3.05) is 26.8 Å². The molecule has 1 N–H and O–H groups in total. The summed E-state index contributed by atoms with van der Waals surface area (Å²) in [6, 6.07) is 0. The molecule has 0 aromatic rings. The van der Waals surface area contributed by atoms with Gasteiger partial charge in [0.2, 0.25) is 0 Å². The lowest BCUT2D eigenvalue weighted by atomic mass is 9.63. The Morgan fingerprint density at radius 2 is 1.94 bits per heavy atom. The van der Waals surface area contributed by atoms with E-state index in [4.69, 9.17) is 4.74 Å². The fraction of sp³-hybridized carbons (Fsp3) is 1.00. The zero-order valence-electron chi connectivity index (χ0n) is 11.3. The van der Waals surface area contributed by atoms with Gasteiger partial charge < -0.3 is 10.1 Å². The predicted octanol–water partition coefficient (Wildman–Crippen LogP) is 3.22. The number of rotatable bonds is 9. The van der Waals surface area contributed by atoms with E-state index in [0.717, 1.165) is 19.1 Å². The first-order chi connectivity index (χ1) is 7.76. The average Bonchev–Trinajstić information content (AvgIpc) is 2.26. The highest BCUT2D eigenvalue weighted by Crippen LogP contribution is 2.46. The Balaban J connectivity index is 2.26. The molecule has 2 heteroatoms. The first-order valence-corrected chi connectivity index (χ1v) is 6.96. The summed E-state index contributed by atoms with van der Waals surface area (Å²) in [5, 5.41) is 3.56. The standard InChI is InChI=1S/C14H29NO/c1-4-13(5-2)11-14(7-6-8-14)12-15-9-10-16-3/h13,15H,4-12H2,1-3H3. The Kier molecular flexibility index (Phi) is 6.37. The number of ether oxygens (including phenoxy) is 1. The van der Waals surface area contributed by atoms with Crippen LogP contribution in [0.4, 0.5) is 0 Å². The van der Waals surface area contributed by atoms with Crippen molar-refractivity contribution in [2.24, 2.45) is 11.3 Å². The minimum Gasteiger partial charge on any atom is -0.383 e. The zero-order valence-corrected chi connectivity index (χ0v) is 11.3. The molecule has 0 unspecified atom stereocenters. The van der Waals surface area contributed by atoms with Crippen molar-refractivity contribution in [2.45, 2.75) is 52.4 Å². The van der Waals surface area contributed by atoms with Gasteiger partial charge in [0.15, 0.2) is 0 Å². The second-order valence-electron chi connectivity index (χ2n) is 5.41. The van der Waals surface area contributed by atoms with Gasteiger partial charge in [-0.05, 0) is 30.6 Å². The van der Waals surface area contributed by atoms with Crippen LogP contribution in [-0.4, -0.2) is 26.8 Å². The summed E-state index contributed by atoms with van der Waals surface area (Å²) in [5.74, 6) is 0.935. The molecule has 0 aliphatic heterocycles. The summed E-state index contributed by atoms with van der Waals surface area (Å²) in [6.07, 6.45) is 8.42. The van der Waals surface area contributed by atoms with Crippen molar-refractivity contribution in [1.29, 1.82) is 0 Å². The quantitative estimate of drug-likeness (QED) is 0.611. The normalized spacial score (nSPS) is 18.8. The van der Waals surface area contributed by atoms with Crippen molar-refractivity contribution in [3.63, 3.8) is 0 Å². The molecule has 96 valence electrons. The smallest absolute Gasteiger partial charge is 0.0587 e. The fourth-order valence-corrected chi connectivity index (χ4v) is 2.85. The van der Waals surface area contributed by atoms with Crippen LogP contribution in [0.2, 0.25) is 0 Å². The molecule has 0 aromatic heterocycles. The topological polar surface area (TPSA) is 21.3 Å². The minimum atomic E-state index is 0.629. The van der Waals surface area contributed by atoms with Crippen molar-refractivity contribution in [3.8, 4) is 0 Å². The van der Waals surface area contributed by atoms with Crippen LogP contribution in [0.1, 0.15) is 52.4 Å². The average molecular weight is 227 g/mol. The lowest BCUT2D eigenvalue weighted by Gasteiger charge is -2.44. The van der Waals surface area contributed by atoms with Crippen LogP contribution in [0.15, 0.2) is 0 Å². The monoisotopic (exact) mass is 227 g/mol. The Labute approximate surface area is 101 Å². The van der Waals surface area contributed by atoms with E-state index in [0.29, 0.717) is 5.41 Å². The molecule has 1 aliphatic rings. The van der Waals surface area contributed by atoms with Gasteiger partial charge in [-0.1, -0.05) is 33.1 Å². The molecule has 1 saturated carbocycles. The van der Waals surface area contributed by atoms with Gasteiger partial charge in [-0.15, -0.1) is 0 Å². The highest BCUT2D eigenvalue weighted by atomic mass is 16.5. The third kappa shape index (κ3) is 4.06. The molecular formula is C14H29NO. The summed E-state index contributed by atoms with van der Waals surface area (Å²) in [7, 11) is 1.77. The van der Waals surface area contributed by atoms with E-state index in [1.807, 2.05) is 0 Å². The summed E-state index contributed by atoms with van der Waals surface area (Å²) >= 11 is 0. The number of methoxy groups -OCH3 is 1. The Bertz CT molecular complexity index is 174. The second-order valence-corrected chi connectivity index (χ2v) is 5.41. The summed E-state index contributed by atoms with van der Waals surface area (Å²) < 4.78 is 5.07. The highest BCUT2D eigenvalue weighted by molar-refractivity contribution is 4.91. The Morgan fingerprint density at radius 3 is 2.38 bits per heavy atom. The molecule has 1 aliphatic carbocycles. The first kappa shape index (κ1) is 14.0. The van der Waals surface area contributed by atoms with Crippen LogP contribution in [0.3, 0.4) is 0 Å². The van der Waals surface area contributed by atoms with E-state index in [1.165, 1.54) is 45.1 Å². The van der Waals surface area contributed by atoms with Crippen LogP contribution in [0.5, 0.6) is 0 Å². The molecule has 0 saturated heterocycles. The summed E-state index contributed by atoms with van der Waals surface area (Å²) in [6.45, 7) is 7.70. The van der Waals surface area contributed by atoms with E-state index in [-0.39, 0.29) is 0 Å². The maximum Gasteiger partial charge on any atom is 0.0587 e. The molecule has 0 aromatic carbocycles. The van der Waals surface area contributed by atoms with Crippen LogP contribution >= 0.6 is 0 Å². The Hall–Kier alpha value is -0.0800. The second kappa shape index (κ2) is 7.29. The van der Waals surface area contributed by atoms with E-state index in [1.54, 1.807) is 7.11 Å². The summed E-state index contributed by atoms with van der Waals surface area (Å²) in [4.78, 5) is 0. The molecule has 16 heavy (non-hydrogen) atoms. The van der Waals surface area contributed by atoms with E-state index in [9.17, 15) is 0 Å².